The molecule has 154 valence electrons. The summed E-state index contributed by atoms with van der Waals surface area (Å²) in [6, 6.07) is 13.6. The number of benzene rings is 1. The number of carbonyl (C=O) groups is 1. The molecule has 0 radical (unpaired) electrons. The molecule has 1 saturated heterocycles. The van der Waals surface area contributed by atoms with E-state index in [1.807, 2.05) is 55.7 Å². The molecule has 0 atom stereocenters. The van der Waals surface area contributed by atoms with Crippen molar-refractivity contribution >= 4 is 11.6 Å². The minimum absolute atomic E-state index is 0.143. The lowest BCUT2D eigenvalue weighted by atomic mass is 9.90. The van der Waals surface area contributed by atoms with Gasteiger partial charge in [-0.2, -0.15) is 0 Å². The number of rotatable bonds is 6. The predicted octanol–water partition coefficient (Wildman–Crippen LogP) is 3.85. The van der Waals surface area contributed by atoms with Crippen LogP contribution >= 0.6 is 0 Å². The zero-order valence-electron chi connectivity index (χ0n) is 17.3. The SMILES string of the molecule is Cc1ncc(C(=O)Nc2ccccc2)c(C2CCN(CCc3cccnc3)CC2)n1. The van der Waals surface area contributed by atoms with Crippen LogP contribution < -0.4 is 5.32 Å². The zero-order chi connectivity index (χ0) is 20.8. The van der Waals surface area contributed by atoms with Gasteiger partial charge in [-0.15, -0.1) is 0 Å². The number of amides is 1. The lowest BCUT2D eigenvalue weighted by molar-refractivity contribution is 0.102. The van der Waals surface area contributed by atoms with E-state index in [4.69, 9.17) is 0 Å². The van der Waals surface area contributed by atoms with Gasteiger partial charge in [0.15, 0.2) is 0 Å². The highest BCUT2D eigenvalue weighted by Gasteiger charge is 2.26. The molecule has 1 fully saturated rings. The highest BCUT2D eigenvalue weighted by atomic mass is 16.1. The van der Waals surface area contributed by atoms with Crippen molar-refractivity contribution in [2.45, 2.75) is 32.1 Å². The van der Waals surface area contributed by atoms with E-state index in [-0.39, 0.29) is 11.8 Å². The van der Waals surface area contributed by atoms with E-state index in [2.05, 4.69) is 31.2 Å². The van der Waals surface area contributed by atoms with Crippen LogP contribution in [-0.4, -0.2) is 45.4 Å². The number of carbonyl (C=O) groups excluding carboxylic acids is 1. The number of anilines is 1. The molecule has 4 rings (SSSR count). The average molecular weight is 402 g/mol. The number of hydrogen-bond donors (Lipinski definition) is 1. The van der Waals surface area contributed by atoms with Gasteiger partial charge >= 0.3 is 0 Å². The van der Waals surface area contributed by atoms with Crippen LogP contribution in [0.25, 0.3) is 0 Å². The molecule has 0 unspecified atom stereocenters. The first-order chi connectivity index (χ1) is 14.7. The van der Waals surface area contributed by atoms with Crippen LogP contribution in [-0.2, 0) is 6.42 Å². The predicted molar refractivity (Wildman–Crippen MR) is 118 cm³/mol. The highest BCUT2D eigenvalue weighted by Crippen LogP contribution is 2.29. The van der Waals surface area contributed by atoms with Crippen molar-refractivity contribution in [2.24, 2.45) is 0 Å². The number of nitrogens with zero attached hydrogens (tertiary/aromatic N) is 4. The molecule has 1 N–H and O–H groups in total. The van der Waals surface area contributed by atoms with Gasteiger partial charge in [-0.1, -0.05) is 24.3 Å². The van der Waals surface area contributed by atoms with E-state index in [1.165, 1.54) is 5.56 Å². The zero-order valence-corrected chi connectivity index (χ0v) is 17.3. The van der Waals surface area contributed by atoms with Crippen molar-refractivity contribution in [1.29, 1.82) is 0 Å². The van der Waals surface area contributed by atoms with Gasteiger partial charge in [0.2, 0.25) is 0 Å². The van der Waals surface area contributed by atoms with Gasteiger partial charge in [-0.3, -0.25) is 9.78 Å². The Hall–Kier alpha value is -3.12. The summed E-state index contributed by atoms with van der Waals surface area (Å²) in [4.78, 5) is 28.6. The van der Waals surface area contributed by atoms with E-state index in [1.54, 1.807) is 6.20 Å². The van der Waals surface area contributed by atoms with Gasteiger partial charge in [0.1, 0.15) is 5.82 Å². The lowest BCUT2D eigenvalue weighted by Gasteiger charge is -2.32. The smallest absolute Gasteiger partial charge is 0.259 e. The summed E-state index contributed by atoms with van der Waals surface area (Å²) in [6.07, 6.45) is 8.42. The van der Waals surface area contributed by atoms with E-state index >= 15 is 0 Å². The molecule has 0 aliphatic carbocycles. The summed E-state index contributed by atoms with van der Waals surface area (Å²) in [5.41, 5.74) is 3.51. The van der Waals surface area contributed by atoms with Gasteiger partial charge < -0.3 is 10.2 Å². The van der Waals surface area contributed by atoms with E-state index in [9.17, 15) is 4.79 Å². The fourth-order valence-electron chi connectivity index (χ4n) is 3.96. The maximum atomic E-state index is 12.9. The molecule has 3 heterocycles. The van der Waals surface area contributed by atoms with Crippen LogP contribution in [0.4, 0.5) is 5.69 Å². The van der Waals surface area contributed by atoms with Gasteiger partial charge in [0, 0.05) is 36.7 Å². The molecule has 6 nitrogen and oxygen atoms in total. The van der Waals surface area contributed by atoms with Crippen LogP contribution in [0, 0.1) is 6.92 Å². The Labute approximate surface area is 177 Å². The maximum Gasteiger partial charge on any atom is 0.259 e. The number of nitrogens with one attached hydrogen (secondary N) is 1. The summed E-state index contributed by atoms with van der Waals surface area (Å²) < 4.78 is 0. The molecule has 30 heavy (non-hydrogen) atoms. The van der Waals surface area contributed by atoms with Crippen molar-refractivity contribution in [2.75, 3.05) is 25.0 Å². The number of aryl methyl sites for hydroxylation is 1. The second-order valence-electron chi connectivity index (χ2n) is 7.76. The Morgan fingerprint density at radius 1 is 1.10 bits per heavy atom. The second kappa shape index (κ2) is 9.59. The first kappa shape index (κ1) is 20.2. The van der Waals surface area contributed by atoms with Crippen molar-refractivity contribution in [3.63, 3.8) is 0 Å². The molecule has 1 aromatic carbocycles. The fraction of sp³-hybridized carbons (Fsp3) is 0.333. The van der Waals surface area contributed by atoms with Gasteiger partial charge in [0.05, 0.1) is 11.3 Å². The van der Waals surface area contributed by atoms with Gasteiger partial charge in [0.25, 0.3) is 5.91 Å². The monoisotopic (exact) mass is 401 g/mol. The number of pyridine rings is 1. The molecular formula is C24H27N5O. The quantitative estimate of drug-likeness (QED) is 0.679. The molecule has 1 amide bonds. The minimum atomic E-state index is -0.143. The standard InChI is InChI=1S/C24H27N5O/c1-18-26-17-22(24(30)28-21-7-3-2-4-8-21)23(27-18)20-10-14-29(15-11-20)13-9-19-6-5-12-25-16-19/h2-8,12,16-17,20H,9-11,13-15H2,1H3,(H,28,30). The molecule has 1 aliphatic rings. The number of likely N-dealkylation sites (tertiary alicyclic amines) is 1. The van der Waals surface area contributed by atoms with E-state index < -0.39 is 0 Å². The summed E-state index contributed by atoms with van der Waals surface area (Å²) >= 11 is 0. The average Bonchev–Trinajstić information content (AvgIpc) is 2.79. The lowest BCUT2D eigenvalue weighted by Crippen LogP contribution is -2.35. The Morgan fingerprint density at radius 2 is 1.90 bits per heavy atom. The highest BCUT2D eigenvalue weighted by molar-refractivity contribution is 6.04. The van der Waals surface area contributed by atoms with Gasteiger partial charge in [-0.05, 0) is 63.0 Å². The summed E-state index contributed by atoms with van der Waals surface area (Å²) in [6.45, 7) is 4.93. The Morgan fingerprint density at radius 3 is 2.63 bits per heavy atom. The van der Waals surface area contributed by atoms with Crippen molar-refractivity contribution < 1.29 is 4.79 Å². The van der Waals surface area contributed by atoms with Crippen LogP contribution in [0.2, 0.25) is 0 Å². The third kappa shape index (κ3) is 5.07. The molecule has 3 aromatic rings. The number of aromatic nitrogens is 3. The first-order valence-electron chi connectivity index (χ1n) is 10.5. The summed E-state index contributed by atoms with van der Waals surface area (Å²) in [5.74, 6) is 0.841. The Kier molecular flexibility index (Phi) is 6.44. The Bertz CT molecular complexity index is 969. The molecule has 0 spiro atoms. The van der Waals surface area contributed by atoms with E-state index in [0.717, 1.165) is 50.3 Å². The molecule has 6 heteroatoms. The molecule has 1 aliphatic heterocycles. The van der Waals surface area contributed by atoms with Crippen LogP contribution in [0.15, 0.2) is 61.1 Å². The summed E-state index contributed by atoms with van der Waals surface area (Å²) in [5, 5.41) is 2.97. The maximum absolute atomic E-state index is 12.9. The molecule has 0 saturated carbocycles. The number of para-hydroxylation sites is 1. The normalized spacial score (nSPS) is 15.1. The third-order valence-corrected chi connectivity index (χ3v) is 5.63. The topological polar surface area (TPSA) is 71.0 Å². The van der Waals surface area contributed by atoms with Crippen LogP contribution in [0.1, 0.15) is 46.2 Å². The minimum Gasteiger partial charge on any atom is -0.322 e. The number of piperidine rings is 1. The summed E-state index contributed by atoms with van der Waals surface area (Å²) in [7, 11) is 0. The van der Waals surface area contributed by atoms with Crippen molar-refractivity contribution in [1.82, 2.24) is 19.9 Å². The van der Waals surface area contributed by atoms with E-state index in [0.29, 0.717) is 11.4 Å². The van der Waals surface area contributed by atoms with Crippen molar-refractivity contribution in [3.05, 3.63) is 83.7 Å². The fourth-order valence-corrected chi connectivity index (χ4v) is 3.96. The second-order valence-corrected chi connectivity index (χ2v) is 7.76. The largest absolute Gasteiger partial charge is 0.322 e. The number of hydrogen-bond acceptors (Lipinski definition) is 5. The molecular weight excluding hydrogens is 374 g/mol. The molecule has 0 bridgehead atoms. The Balaban J connectivity index is 1.40. The third-order valence-electron chi connectivity index (χ3n) is 5.63. The molecule has 2 aromatic heterocycles. The van der Waals surface area contributed by atoms with Gasteiger partial charge in [-0.25, -0.2) is 9.97 Å². The first-order valence-corrected chi connectivity index (χ1v) is 10.5. The van der Waals surface area contributed by atoms with Crippen molar-refractivity contribution in [3.8, 4) is 0 Å². The van der Waals surface area contributed by atoms with Crippen LogP contribution in [0.5, 0.6) is 0 Å². The van der Waals surface area contributed by atoms with Crippen LogP contribution in [0.3, 0.4) is 0 Å².